The summed E-state index contributed by atoms with van der Waals surface area (Å²) < 4.78 is 0. The summed E-state index contributed by atoms with van der Waals surface area (Å²) in [4.78, 5) is 13.9. The van der Waals surface area contributed by atoms with Crippen LogP contribution in [0, 0.1) is 27.7 Å². The zero-order chi connectivity index (χ0) is 22.7. The number of fused-ring (bicyclic) bond motifs is 1. The summed E-state index contributed by atoms with van der Waals surface area (Å²) in [6.07, 6.45) is 1.79. The molecule has 0 unspecified atom stereocenters. The van der Waals surface area contributed by atoms with Gasteiger partial charge in [-0.3, -0.25) is 5.32 Å². The highest BCUT2D eigenvalue weighted by Crippen LogP contribution is 2.24. The predicted molar refractivity (Wildman–Crippen MR) is 135 cm³/mol. The molecule has 1 aromatic heterocycles. The number of nitrogens with zero attached hydrogens (tertiary/aromatic N) is 3. The number of aliphatic imine (C=N–C) groups is 1. The first-order valence-electron chi connectivity index (χ1n) is 10.7. The maximum Gasteiger partial charge on any atom is 0.229 e. The molecular weight excluding hydrogens is 416 g/mol. The van der Waals surface area contributed by atoms with E-state index in [1.807, 2.05) is 19.9 Å². The van der Waals surface area contributed by atoms with E-state index >= 15 is 0 Å². The number of rotatable bonds is 3. The molecule has 1 aliphatic rings. The number of anilines is 2. The van der Waals surface area contributed by atoms with Crippen LogP contribution in [-0.4, -0.2) is 27.1 Å². The molecule has 164 valence electrons. The van der Waals surface area contributed by atoms with Crippen molar-refractivity contribution < 1.29 is 0 Å². The monoisotopic (exact) mass is 444 g/mol. The fourth-order valence-electron chi connectivity index (χ4n) is 4.11. The summed E-state index contributed by atoms with van der Waals surface area (Å²) in [6, 6.07) is 16.8. The highest BCUT2D eigenvalue weighted by Gasteiger charge is 2.21. The molecule has 3 N–H and O–H groups in total. The van der Waals surface area contributed by atoms with E-state index < -0.39 is 0 Å². The van der Waals surface area contributed by atoms with Crippen molar-refractivity contribution in [2.24, 2.45) is 4.99 Å². The van der Waals surface area contributed by atoms with Crippen LogP contribution in [0.3, 0.4) is 0 Å². The van der Waals surface area contributed by atoms with Crippen molar-refractivity contribution in [2.75, 3.05) is 10.6 Å². The number of guanidine groups is 1. The van der Waals surface area contributed by atoms with Gasteiger partial charge in [-0.15, -0.1) is 0 Å². The van der Waals surface area contributed by atoms with E-state index in [1.165, 1.54) is 22.3 Å². The summed E-state index contributed by atoms with van der Waals surface area (Å²) >= 11 is 5.59. The molecule has 0 amide bonds. The molecule has 0 saturated heterocycles. The lowest BCUT2D eigenvalue weighted by Crippen LogP contribution is -2.40. The van der Waals surface area contributed by atoms with Gasteiger partial charge in [-0.25, -0.2) is 15.0 Å². The molecule has 32 heavy (non-hydrogen) atoms. The Hall–Kier alpha value is -3.32. The summed E-state index contributed by atoms with van der Waals surface area (Å²) in [5, 5.41) is 10.2. The van der Waals surface area contributed by atoms with E-state index in [4.69, 9.17) is 17.2 Å². The Bertz CT molecular complexity index is 1120. The van der Waals surface area contributed by atoms with E-state index in [9.17, 15) is 0 Å². The molecule has 1 aliphatic carbocycles. The van der Waals surface area contributed by atoms with E-state index in [2.05, 4.69) is 82.2 Å². The molecule has 7 heteroatoms. The smallest absolute Gasteiger partial charge is 0.229 e. The van der Waals surface area contributed by atoms with E-state index in [1.54, 1.807) is 0 Å². The topological polar surface area (TPSA) is 74.2 Å². The van der Waals surface area contributed by atoms with Gasteiger partial charge < -0.3 is 10.6 Å². The van der Waals surface area contributed by atoms with Crippen molar-refractivity contribution >= 4 is 34.9 Å². The Labute approximate surface area is 194 Å². The molecule has 0 fully saturated rings. The third-order valence-electron chi connectivity index (χ3n) is 5.27. The van der Waals surface area contributed by atoms with Crippen LogP contribution < -0.4 is 16.0 Å². The highest BCUT2D eigenvalue weighted by molar-refractivity contribution is 7.80. The van der Waals surface area contributed by atoms with Crippen molar-refractivity contribution in [3.05, 3.63) is 82.2 Å². The Kier molecular flexibility index (Phi) is 6.46. The van der Waals surface area contributed by atoms with Gasteiger partial charge in [0, 0.05) is 17.1 Å². The van der Waals surface area contributed by atoms with E-state index in [0.717, 1.165) is 29.9 Å². The van der Waals surface area contributed by atoms with E-state index in [-0.39, 0.29) is 6.04 Å². The number of benzene rings is 2. The number of nitrogens with one attached hydrogen (secondary N) is 3. The largest absolute Gasteiger partial charge is 0.332 e. The zero-order valence-electron chi connectivity index (χ0n) is 18.9. The quantitative estimate of drug-likeness (QED) is 0.311. The van der Waals surface area contributed by atoms with E-state index in [0.29, 0.717) is 17.0 Å². The van der Waals surface area contributed by atoms with Crippen LogP contribution in [0.25, 0.3) is 0 Å². The molecule has 0 radical (unpaired) electrons. The zero-order valence-corrected chi connectivity index (χ0v) is 19.7. The number of aromatic nitrogens is 2. The second-order valence-electron chi connectivity index (χ2n) is 8.36. The Morgan fingerprint density at radius 1 is 0.875 bits per heavy atom. The van der Waals surface area contributed by atoms with Crippen molar-refractivity contribution in [3.8, 4) is 0 Å². The SMILES string of the molecule is Cc1cc(C)cc(NC(=S)NC(=NC2Cc3ccccc3C2)Nc2nc(C)cc(C)n2)c1. The van der Waals surface area contributed by atoms with Gasteiger partial charge >= 0.3 is 0 Å². The van der Waals surface area contributed by atoms with Crippen LogP contribution in [-0.2, 0) is 12.8 Å². The lowest BCUT2D eigenvalue weighted by atomic mass is 10.1. The first-order valence-corrected chi connectivity index (χ1v) is 11.1. The van der Waals surface area contributed by atoms with Crippen molar-refractivity contribution in [3.63, 3.8) is 0 Å². The number of thiocarbonyl (C=S) groups is 1. The number of aryl methyl sites for hydroxylation is 4. The normalized spacial score (nSPS) is 13.6. The van der Waals surface area contributed by atoms with Crippen LogP contribution in [0.4, 0.5) is 11.6 Å². The average Bonchev–Trinajstić information content (AvgIpc) is 3.08. The molecule has 3 aromatic rings. The van der Waals surface area contributed by atoms with Crippen LogP contribution in [0.2, 0.25) is 0 Å². The van der Waals surface area contributed by atoms with Gasteiger partial charge in [0.1, 0.15) is 0 Å². The first-order chi connectivity index (χ1) is 15.3. The molecule has 2 aromatic carbocycles. The standard InChI is InChI=1S/C25H28N6S/c1-15-9-16(2)11-21(10-15)29-25(32)31-24(30-23-26-17(3)12-18(4)27-23)28-22-13-19-7-5-6-8-20(19)14-22/h5-12,22H,13-14H2,1-4H3,(H3,26,27,28,29,30,31,32). The maximum atomic E-state index is 5.59. The van der Waals surface area contributed by atoms with Gasteiger partial charge in [0.25, 0.3) is 0 Å². The molecule has 6 nitrogen and oxygen atoms in total. The predicted octanol–water partition coefficient (Wildman–Crippen LogP) is 4.63. The van der Waals surface area contributed by atoms with Crippen LogP contribution in [0.5, 0.6) is 0 Å². The van der Waals surface area contributed by atoms with Gasteiger partial charge in [-0.05, 0) is 93.2 Å². The fraction of sp³-hybridized carbons (Fsp3) is 0.280. The summed E-state index contributed by atoms with van der Waals surface area (Å²) in [5.41, 5.74) is 7.77. The minimum atomic E-state index is 0.123. The minimum Gasteiger partial charge on any atom is -0.332 e. The maximum absolute atomic E-state index is 5.59. The molecule has 0 spiro atoms. The van der Waals surface area contributed by atoms with Gasteiger partial charge in [0.2, 0.25) is 11.9 Å². The van der Waals surface area contributed by atoms with Crippen LogP contribution in [0.15, 0.2) is 53.5 Å². The molecule has 4 rings (SSSR count). The van der Waals surface area contributed by atoms with Crippen LogP contribution in [0.1, 0.15) is 33.6 Å². The third-order valence-corrected chi connectivity index (χ3v) is 5.47. The van der Waals surface area contributed by atoms with Gasteiger partial charge in [0.15, 0.2) is 5.11 Å². The van der Waals surface area contributed by atoms with Gasteiger partial charge in [0.05, 0.1) is 6.04 Å². The third kappa shape index (κ3) is 5.68. The lowest BCUT2D eigenvalue weighted by molar-refractivity contribution is 0.720. The van der Waals surface area contributed by atoms with Crippen molar-refractivity contribution in [1.82, 2.24) is 15.3 Å². The van der Waals surface area contributed by atoms with Gasteiger partial charge in [-0.1, -0.05) is 30.3 Å². The summed E-state index contributed by atoms with van der Waals surface area (Å²) in [5.74, 6) is 1.04. The second kappa shape index (κ2) is 9.44. The molecule has 0 aliphatic heterocycles. The molecular formula is C25H28N6S. The number of hydrogen-bond donors (Lipinski definition) is 3. The second-order valence-corrected chi connectivity index (χ2v) is 8.77. The fourth-order valence-corrected chi connectivity index (χ4v) is 4.32. The number of hydrogen-bond acceptors (Lipinski definition) is 4. The first kappa shape index (κ1) is 21.9. The summed E-state index contributed by atoms with van der Waals surface area (Å²) in [6.45, 7) is 8.03. The van der Waals surface area contributed by atoms with Crippen molar-refractivity contribution in [1.29, 1.82) is 0 Å². The summed E-state index contributed by atoms with van der Waals surface area (Å²) in [7, 11) is 0. The minimum absolute atomic E-state index is 0.123. The molecule has 0 atom stereocenters. The molecule has 0 bridgehead atoms. The Morgan fingerprint density at radius 3 is 2.06 bits per heavy atom. The average molecular weight is 445 g/mol. The molecule has 0 saturated carbocycles. The van der Waals surface area contributed by atoms with Crippen LogP contribution >= 0.6 is 12.2 Å². The Morgan fingerprint density at radius 2 is 1.47 bits per heavy atom. The lowest BCUT2D eigenvalue weighted by Gasteiger charge is -2.16. The Balaban J connectivity index is 1.54. The van der Waals surface area contributed by atoms with Gasteiger partial charge in [-0.2, -0.15) is 0 Å². The van der Waals surface area contributed by atoms with Crippen molar-refractivity contribution in [2.45, 2.75) is 46.6 Å². The molecule has 1 heterocycles. The highest BCUT2D eigenvalue weighted by atomic mass is 32.1.